The second kappa shape index (κ2) is 4.27. The molecule has 0 aromatic carbocycles. The summed E-state index contributed by atoms with van der Waals surface area (Å²) in [7, 11) is 0. The van der Waals surface area contributed by atoms with E-state index in [9.17, 15) is 18.9 Å². The number of nitro groups is 1. The summed E-state index contributed by atoms with van der Waals surface area (Å²) < 4.78 is 24.4. The Morgan fingerprint density at radius 2 is 2.27 bits per heavy atom. The highest BCUT2D eigenvalue weighted by Crippen LogP contribution is 2.31. The van der Waals surface area contributed by atoms with Crippen molar-refractivity contribution in [2.75, 3.05) is 0 Å². The molecule has 8 heteroatoms. The predicted octanol–water partition coefficient (Wildman–Crippen LogP) is 2.56. The maximum atomic E-state index is 12.4. The van der Waals surface area contributed by atoms with Crippen LogP contribution < -0.4 is 0 Å². The third-order valence-corrected chi connectivity index (χ3v) is 2.13. The van der Waals surface area contributed by atoms with E-state index in [-0.39, 0.29) is 4.60 Å². The minimum absolute atomic E-state index is 0.386. The van der Waals surface area contributed by atoms with Gasteiger partial charge in [0.15, 0.2) is 0 Å². The van der Waals surface area contributed by atoms with E-state index >= 15 is 0 Å². The van der Waals surface area contributed by atoms with Crippen molar-refractivity contribution < 1.29 is 13.7 Å². The molecule has 0 spiro atoms. The average molecular weight is 278 g/mol. The molecule has 0 aliphatic carbocycles. The molecule has 1 aromatic rings. The Morgan fingerprint density at radius 1 is 1.67 bits per heavy atom. The van der Waals surface area contributed by atoms with E-state index in [1.807, 2.05) is 0 Å². The Labute approximate surface area is 90.6 Å². The first kappa shape index (κ1) is 11.5. The van der Waals surface area contributed by atoms with E-state index in [0.29, 0.717) is 6.07 Å². The van der Waals surface area contributed by atoms with Crippen LogP contribution in [0, 0.1) is 21.4 Å². The molecule has 0 saturated heterocycles. The highest BCUT2D eigenvalue weighted by molar-refractivity contribution is 9.10. The predicted molar refractivity (Wildman–Crippen MR) is 48.3 cm³/mol. The van der Waals surface area contributed by atoms with Crippen LogP contribution in [0.3, 0.4) is 0 Å². The number of hydrogen-bond donors (Lipinski definition) is 0. The van der Waals surface area contributed by atoms with Gasteiger partial charge in [-0.1, -0.05) is 0 Å². The summed E-state index contributed by atoms with van der Waals surface area (Å²) in [5.74, 6) is -0.650. The van der Waals surface area contributed by atoms with Crippen molar-refractivity contribution in [2.45, 2.75) is 6.43 Å². The van der Waals surface area contributed by atoms with E-state index < -0.39 is 28.3 Å². The summed E-state index contributed by atoms with van der Waals surface area (Å²) in [6, 6.07) is 2.17. The van der Waals surface area contributed by atoms with Gasteiger partial charge < -0.3 is 10.1 Å². The third-order valence-electron chi connectivity index (χ3n) is 1.52. The molecule has 0 N–H and O–H groups in total. The molecule has 78 valence electrons. The van der Waals surface area contributed by atoms with Gasteiger partial charge in [0.25, 0.3) is 6.43 Å². The average Bonchev–Trinajstić information content (AvgIpc) is 2.15. The molecule has 0 amide bonds. The fourth-order valence-corrected chi connectivity index (χ4v) is 1.47. The molecule has 1 heterocycles. The van der Waals surface area contributed by atoms with Crippen molar-refractivity contribution in [1.82, 2.24) is 4.98 Å². The first-order valence-electron chi connectivity index (χ1n) is 3.50. The third kappa shape index (κ3) is 2.24. The molecule has 0 aliphatic rings. The van der Waals surface area contributed by atoms with Crippen LogP contribution in [-0.2, 0) is 0 Å². The van der Waals surface area contributed by atoms with Crippen LogP contribution in [0.25, 0.3) is 0 Å². The van der Waals surface area contributed by atoms with Crippen LogP contribution in [0.5, 0.6) is 0 Å². The van der Waals surface area contributed by atoms with Gasteiger partial charge in [0.2, 0.25) is 4.60 Å². The minimum Gasteiger partial charge on any atom is -0.358 e. The standard InChI is InChI=1S/C7H2BrF2N3O2/c8-6-5(7(9)10)3(2-11)1-4(12-6)13(14)15/h1,7H. The normalized spacial score (nSPS) is 10.1. The highest BCUT2D eigenvalue weighted by Gasteiger charge is 2.25. The molecule has 0 radical (unpaired) electrons. The Hall–Kier alpha value is -1.62. The van der Waals surface area contributed by atoms with Crippen LogP contribution >= 0.6 is 15.9 Å². The topological polar surface area (TPSA) is 79.8 Å². The van der Waals surface area contributed by atoms with Crippen molar-refractivity contribution in [3.05, 3.63) is 31.9 Å². The van der Waals surface area contributed by atoms with Gasteiger partial charge >= 0.3 is 5.82 Å². The summed E-state index contributed by atoms with van der Waals surface area (Å²) in [5.41, 5.74) is -1.10. The van der Waals surface area contributed by atoms with Gasteiger partial charge in [-0.15, -0.1) is 0 Å². The van der Waals surface area contributed by atoms with E-state index in [4.69, 9.17) is 5.26 Å². The lowest BCUT2D eigenvalue weighted by atomic mass is 10.1. The Kier molecular flexibility index (Phi) is 3.26. The van der Waals surface area contributed by atoms with Gasteiger partial charge in [-0.25, -0.2) is 8.78 Å². The summed E-state index contributed by atoms with van der Waals surface area (Å²) in [6.45, 7) is 0. The summed E-state index contributed by atoms with van der Waals surface area (Å²) in [4.78, 5) is 12.8. The number of rotatable bonds is 2. The molecule has 1 rings (SSSR count). The van der Waals surface area contributed by atoms with Crippen molar-refractivity contribution in [2.24, 2.45) is 0 Å². The lowest BCUT2D eigenvalue weighted by molar-refractivity contribution is -0.389. The van der Waals surface area contributed by atoms with Gasteiger partial charge in [-0.3, -0.25) is 0 Å². The molecular weight excluding hydrogens is 276 g/mol. The van der Waals surface area contributed by atoms with Crippen LogP contribution in [-0.4, -0.2) is 9.91 Å². The summed E-state index contributed by atoms with van der Waals surface area (Å²) in [5, 5.41) is 18.9. The Morgan fingerprint density at radius 3 is 2.67 bits per heavy atom. The van der Waals surface area contributed by atoms with Crippen molar-refractivity contribution >= 4 is 21.7 Å². The molecule has 15 heavy (non-hydrogen) atoms. The number of nitriles is 1. The fourth-order valence-electron chi connectivity index (χ4n) is 0.905. The largest absolute Gasteiger partial charge is 0.366 e. The smallest absolute Gasteiger partial charge is 0.358 e. The minimum atomic E-state index is -2.91. The Balaban J connectivity index is 3.46. The van der Waals surface area contributed by atoms with Crippen LogP contribution in [0.2, 0.25) is 0 Å². The maximum absolute atomic E-state index is 12.4. The number of pyridine rings is 1. The molecule has 0 atom stereocenters. The SMILES string of the molecule is N#Cc1cc([N+](=O)[O-])nc(Br)c1C(F)F. The van der Waals surface area contributed by atoms with E-state index in [1.165, 1.54) is 6.07 Å². The van der Waals surface area contributed by atoms with Crippen LogP contribution in [0.1, 0.15) is 17.6 Å². The Bertz CT molecular complexity index is 458. The highest BCUT2D eigenvalue weighted by atomic mass is 79.9. The van der Waals surface area contributed by atoms with Crippen molar-refractivity contribution in [3.63, 3.8) is 0 Å². The number of aromatic nitrogens is 1. The lowest BCUT2D eigenvalue weighted by Gasteiger charge is -2.01. The molecule has 0 saturated carbocycles. The molecule has 5 nitrogen and oxygen atoms in total. The molecule has 0 aliphatic heterocycles. The van der Waals surface area contributed by atoms with Crippen LogP contribution in [0.15, 0.2) is 10.7 Å². The summed E-state index contributed by atoms with van der Waals surface area (Å²) in [6.07, 6.45) is -2.91. The zero-order valence-electron chi connectivity index (χ0n) is 6.95. The first-order chi connectivity index (χ1) is 6.97. The van der Waals surface area contributed by atoms with Gasteiger partial charge in [0.05, 0.1) is 17.2 Å². The molecule has 0 bridgehead atoms. The lowest BCUT2D eigenvalue weighted by Crippen LogP contribution is -2.00. The van der Waals surface area contributed by atoms with E-state index in [1.54, 1.807) is 0 Å². The monoisotopic (exact) mass is 277 g/mol. The van der Waals surface area contributed by atoms with Gasteiger partial charge in [-0.05, 0) is 9.91 Å². The van der Waals surface area contributed by atoms with Gasteiger partial charge in [0.1, 0.15) is 6.07 Å². The molecule has 1 aromatic heterocycles. The van der Waals surface area contributed by atoms with E-state index in [0.717, 1.165) is 0 Å². The fraction of sp³-hybridized carbons (Fsp3) is 0.143. The van der Waals surface area contributed by atoms with Crippen LogP contribution in [0.4, 0.5) is 14.6 Å². The second-order valence-electron chi connectivity index (χ2n) is 2.40. The van der Waals surface area contributed by atoms with Crippen molar-refractivity contribution in [1.29, 1.82) is 5.26 Å². The maximum Gasteiger partial charge on any atom is 0.366 e. The number of nitrogens with zero attached hydrogens (tertiary/aromatic N) is 3. The van der Waals surface area contributed by atoms with Gasteiger partial charge in [-0.2, -0.15) is 5.26 Å². The molecule has 0 fully saturated rings. The number of halogens is 3. The first-order valence-corrected chi connectivity index (χ1v) is 4.29. The van der Waals surface area contributed by atoms with Gasteiger partial charge in [0, 0.05) is 15.9 Å². The quantitative estimate of drug-likeness (QED) is 0.473. The zero-order valence-corrected chi connectivity index (χ0v) is 8.53. The molecular formula is C7H2BrF2N3O2. The number of hydrogen-bond acceptors (Lipinski definition) is 4. The second-order valence-corrected chi connectivity index (χ2v) is 3.15. The number of alkyl halides is 2. The zero-order chi connectivity index (χ0) is 11.6. The summed E-state index contributed by atoms with van der Waals surface area (Å²) >= 11 is 2.66. The van der Waals surface area contributed by atoms with Crippen molar-refractivity contribution in [3.8, 4) is 6.07 Å². The van der Waals surface area contributed by atoms with E-state index in [2.05, 4.69) is 20.9 Å². The molecule has 0 unspecified atom stereocenters.